The van der Waals surface area contributed by atoms with E-state index in [-0.39, 0.29) is 5.91 Å². The molecular weight excluding hydrogens is 306 g/mol. The Hall–Kier alpha value is -2.01. The Kier molecular flexibility index (Phi) is 4.86. The SMILES string of the molecule is CCC1CCc2sc(C(=O)N/N=C(\C)c3ccncc3)cc2C1. The lowest BCUT2D eigenvalue weighted by Crippen LogP contribution is -2.18. The zero-order valence-corrected chi connectivity index (χ0v) is 14.3. The number of carbonyl (C=O) groups is 1. The molecule has 0 radical (unpaired) electrons. The molecule has 4 nitrogen and oxygen atoms in total. The quantitative estimate of drug-likeness (QED) is 0.686. The van der Waals surface area contributed by atoms with Gasteiger partial charge in [-0.1, -0.05) is 13.3 Å². The number of nitrogens with one attached hydrogen (secondary N) is 1. The van der Waals surface area contributed by atoms with Gasteiger partial charge in [0, 0.05) is 22.8 Å². The Morgan fingerprint density at radius 1 is 1.43 bits per heavy atom. The predicted molar refractivity (Wildman–Crippen MR) is 94.0 cm³/mol. The van der Waals surface area contributed by atoms with Crippen LogP contribution in [0.25, 0.3) is 0 Å². The number of aromatic nitrogens is 1. The first-order valence-electron chi connectivity index (χ1n) is 8.04. The highest BCUT2D eigenvalue weighted by Gasteiger charge is 2.21. The number of pyridine rings is 1. The van der Waals surface area contributed by atoms with E-state index in [4.69, 9.17) is 0 Å². The van der Waals surface area contributed by atoms with E-state index in [0.717, 1.165) is 34.9 Å². The molecule has 120 valence electrons. The fourth-order valence-electron chi connectivity index (χ4n) is 2.91. The highest BCUT2D eigenvalue weighted by Crippen LogP contribution is 2.33. The molecule has 5 heteroatoms. The predicted octanol–water partition coefficient (Wildman–Crippen LogP) is 3.81. The third kappa shape index (κ3) is 3.67. The summed E-state index contributed by atoms with van der Waals surface area (Å²) in [6.45, 7) is 4.12. The number of thiophene rings is 1. The number of fused-ring (bicyclic) bond motifs is 1. The van der Waals surface area contributed by atoms with Gasteiger partial charge in [0.1, 0.15) is 0 Å². The highest BCUT2D eigenvalue weighted by atomic mass is 32.1. The summed E-state index contributed by atoms with van der Waals surface area (Å²) in [5, 5.41) is 4.20. The van der Waals surface area contributed by atoms with Crippen LogP contribution in [0.3, 0.4) is 0 Å². The maximum absolute atomic E-state index is 12.3. The van der Waals surface area contributed by atoms with Crippen LogP contribution in [0.2, 0.25) is 0 Å². The summed E-state index contributed by atoms with van der Waals surface area (Å²) in [5.74, 6) is 0.644. The van der Waals surface area contributed by atoms with Crippen molar-refractivity contribution >= 4 is 23.0 Å². The number of nitrogens with zero attached hydrogens (tertiary/aromatic N) is 2. The minimum absolute atomic E-state index is 0.120. The molecule has 2 aromatic heterocycles. The van der Waals surface area contributed by atoms with E-state index < -0.39 is 0 Å². The number of rotatable bonds is 4. The number of hydrogen-bond acceptors (Lipinski definition) is 4. The maximum atomic E-state index is 12.3. The van der Waals surface area contributed by atoms with Crippen molar-refractivity contribution in [2.75, 3.05) is 0 Å². The van der Waals surface area contributed by atoms with Gasteiger partial charge in [-0.2, -0.15) is 5.10 Å². The van der Waals surface area contributed by atoms with Gasteiger partial charge in [-0.3, -0.25) is 9.78 Å². The van der Waals surface area contributed by atoms with Crippen molar-refractivity contribution in [3.05, 3.63) is 51.5 Å². The van der Waals surface area contributed by atoms with Crippen LogP contribution in [-0.2, 0) is 12.8 Å². The van der Waals surface area contributed by atoms with Gasteiger partial charge in [0.25, 0.3) is 5.91 Å². The van der Waals surface area contributed by atoms with Gasteiger partial charge < -0.3 is 0 Å². The van der Waals surface area contributed by atoms with Crippen molar-refractivity contribution in [3.8, 4) is 0 Å². The number of hydrogen-bond donors (Lipinski definition) is 1. The molecule has 2 aromatic rings. The summed E-state index contributed by atoms with van der Waals surface area (Å²) in [6, 6.07) is 5.80. The molecule has 0 spiro atoms. The molecule has 2 heterocycles. The summed E-state index contributed by atoms with van der Waals surface area (Å²) < 4.78 is 0. The summed E-state index contributed by atoms with van der Waals surface area (Å²) in [5.41, 5.74) is 5.75. The van der Waals surface area contributed by atoms with E-state index in [1.54, 1.807) is 23.7 Å². The number of aryl methyl sites for hydroxylation is 1. The molecule has 1 atom stereocenters. The minimum atomic E-state index is -0.120. The average Bonchev–Trinajstić information content (AvgIpc) is 3.03. The number of carbonyl (C=O) groups excluding carboxylic acids is 1. The lowest BCUT2D eigenvalue weighted by Gasteiger charge is -2.19. The zero-order valence-electron chi connectivity index (χ0n) is 13.5. The van der Waals surface area contributed by atoms with Crippen molar-refractivity contribution in [1.82, 2.24) is 10.4 Å². The molecule has 0 saturated carbocycles. The van der Waals surface area contributed by atoms with Gasteiger partial charge in [-0.15, -0.1) is 11.3 Å². The smallest absolute Gasteiger partial charge is 0.266 e. The molecular formula is C18H21N3OS. The summed E-state index contributed by atoms with van der Waals surface area (Å²) in [7, 11) is 0. The van der Waals surface area contributed by atoms with Gasteiger partial charge in [0.15, 0.2) is 0 Å². The fraction of sp³-hybridized carbons (Fsp3) is 0.389. The molecule has 0 fully saturated rings. The Labute approximate surface area is 140 Å². The molecule has 0 bridgehead atoms. The standard InChI is InChI=1S/C18H21N3OS/c1-3-13-4-5-16-15(10-13)11-17(23-16)18(22)21-20-12(2)14-6-8-19-9-7-14/h6-9,11,13H,3-5,10H2,1-2H3,(H,21,22)/b20-12+. The van der Waals surface area contributed by atoms with E-state index in [1.807, 2.05) is 19.1 Å². The van der Waals surface area contributed by atoms with Crippen LogP contribution in [0.1, 0.15) is 52.4 Å². The third-order valence-electron chi connectivity index (χ3n) is 4.41. The molecule has 0 saturated heterocycles. The van der Waals surface area contributed by atoms with E-state index in [2.05, 4.69) is 28.5 Å². The molecule has 1 N–H and O–H groups in total. The Bertz CT molecular complexity index is 721. The van der Waals surface area contributed by atoms with Gasteiger partial charge in [-0.05, 0) is 55.9 Å². The molecule has 1 aliphatic rings. The van der Waals surface area contributed by atoms with Crippen molar-refractivity contribution in [2.24, 2.45) is 11.0 Å². The molecule has 1 amide bonds. The largest absolute Gasteiger partial charge is 0.281 e. The Morgan fingerprint density at radius 2 is 2.22 bits per heavy atom. The van der Waals surface area contributed by atoms with Crippen LogP contribution in [-0.4, -0.2) is 16.6 Å². The summed E-state index contributed by atoms with van der Waals surface area (Å²) in [6.07, 6.45) is 8.10. The summed E-state index contributed by atoms with van der Waals surface area (Å²) in [4.78, 5) is 18.4. The van der Waals surface area contributed by atoms with Crippen LogP contribution in [0.15, 0.2) is 35.7 Å². The highest BCUT2D eigenvalue weighted by molar-refractivity contribution is 7.14. The molecule has 0 aromatic carbocycles. The van der Waals surface area contributed by atoms with Gasteiger partial charge in [0.05, 0.1) is 10.6 Å². The average molecular weight is 327 g/mol. The first-order valence-corrected chi connectivity index (χ1v) is 8.85. The molecule has 0 aliphatic heterocycles. The lowest BCUT2D eigenvalue weighted by atomic mass is 9.87. The second-order valence-electron chi connectivity index (χ2n) is 5.95. The summed E-state index contributed by atoms with van der Waals surface area (Å²) >= 11 is 1.61. The first kappa shape index (κ1) is 15.9. The van der Waals surface area contributed by atoms with Crippen molar-refractivity contribution in [3.63, 3.8) is 0 Å². The van der Waals surface area contributed by atoms with E-state index in [1.165, 1.54) is 23.3 Å². The normalized spacial score (nSPS) is 17.7. The van der Waals surface area contributed by atoms with Crippen molar-refractivity contribution in [1.29, 1.82) is 0 Å². The van der Waals surface area contributed by atoms with Crippen LogP contribution in [0, 0.1) is 5.92 Å². The zero-order chi connectivity index (χ0) is 16.2. The van der Waals surface area contributed by atoms with Gasteiger partial charge in [-0.25, -0.2) is 5.43 Å². The third-order valence-corrected chi connectivity index (χ3v) is 5.65. The number of hydrazone groups is 1. The van der Waals surface area contributed by atoms with Crippen molar-refractivity contribution < 1.29 is 4.79 Å². The fourth-order valence-corrected chi connectivity index (χ4v) is 4.01. The van der Waals surface area contributed by atoms with E-state index in [9.17, 15) is 4.79 Å². The van der Waals surface area contributed by atoms with E-state index in [0.29, 0.717) is 0 Å². The van der Waals surface area contributed by atoms with Gasteiger partial charge >= 0.3 is 0 Å². The van der Waals surface area contributed by atoms with E-state index >= 15 is 0 Å². The molecule has 23 heavy (non-hydrogen) atoms. The molecule has 1 unspecified atom stereocenters. The first-order chi connectivity index (χ1) is 11.2. The van der Waals surface area contributed by atoms with Crippen LogP contribution < -0.4 is 5.43 Å². The van der Waals surface area contributed by atoms with Crippen LogP contribution in [0.4, 0.5) is 0 Å². The van der Waals surface area contributed by atoms with Crippen molar-refractivity contribution in [2.45, 2.75) is 39.5 Å². The second kappa shape index (κ2) is 7.04. The molecule has 3 rings (SSSR count). The van der Waals surface area contributed by atoms with Crippen LogP contribution >= 0.6 is 11.3 Å². The Balaban J connectivity index is 1.69. The van der Waals surface area contributed by atoms with Crippen LogP contribution in [0.5, 0.6) is 0 Å². The Morgan fingerprint density at radius 3 is 2.96 bits per heavy atom. The lowest BCUT2D eigenvalue weighted by molar-refractivity contribution is 0.0959. The minimum Gasteiger partial charge on any atom is -0.266 e. The monoisotopic (exact) mass is 327 g/mol. The second-order valence-corrected chi connectivity index (χ2v) is 7.09. The maximum Gasteiger partial charge on any atom is 0.281 e. The topological polar surface area (TPSA) is 54.4 Å². The number of amides is 1. The van der Waals surface area contributed by atoms with Gasteiger partial charge in [0.2, 0.25) is 0 Å². The molecule has 1 aliphatic carbocycles.